The van der Waals surface area contributed by atoms with Crippen molar-refractivity contribution in [2.75, 3.05) is 11.9 Å². The Labute approximate surface area is 179 Å². The second kappa shape index (κ2) is 9.56. The quantitative estimate of drug-likeness (QED) is 0.560. The lowest BCUT2D eigenvalue weighted by Gasteiger charge is -2.26. The molecule has 3 aromatic rings. The van der Waals surface area contributed by atoms with Gasteiger partial charge in [0.25, 0.3) is 0 Å². The molecule has 1 saturated carbocycles. The highest BCUT2D eigenvalue weighted by atomic mass is 19.1. The summed E-state index contributed by atoms with van der Waals surface area (Å²) in [4.78, 5) is 0. The largest absolute Gasteiger partial charge is 0.481 e. The molecule has 1 heterocycles. The molecule has 0 amide bonds. The molecular formula is C23H23F2N5O. The Morgan fingerprint density at radius 2 is 1.90 bits per heavy atom. The first-order chi connectivity index (χ1) is 15.2. The lowest BCUT2D eigenvalue weighted by molar-refractivity contribution is 0.315. The van der Waals surface area contributed by atoms with E-state index in [1.807, 2.05) is 16.8 Å². The van der Waals surface area contributed by atoms with Gasteiger partial charge in [-0.3, -0.25) is 0 Å². The summed E-state index contributed by atoms with van der Waals surface area (Å²) in [5.74, 6) is 2.31. The van der Waals surface area contributed by atoms with Crippen molar-refractivity contribution in [3.8, 4) is 18.1 Å². The molecule has 1 unspecified atom stereocenters. The monoisotopic (exact) mass is 423 g/mol. The van der Waals surface area contributed by atoms with Gasteiger partial charge in [-0.1, -0.05) is 37.3 Å². The van der Waals surface area contributed by atoms with Crippen molar-refractivity contribution < 1.29 is 13.5 Å². The fourth-order valence-electron chi connectivity index (χ4n) is 3.92. The zero-order valence-electron chi connectivity index (χ0n) is 17.0. The van der Waals surface area contributed by atoms with E-state index in [2.05, 4.69) is 26.8 Å². The molecular weight excluding hydrogens is 400 g/mol. The van der Waals surface area contributed by atoms with Crippen molar-refractivity contribution in [1.82, 2.24) is 20.2 Å². The van der Waals surface area contributed by atoms with Crippen molar-refractivity contribution in [3.05, 3.63) is 65.5 Å². The summed E-state index contributed by atoms with van der Waals surface area (Å²) in [6, 6.07) is 10.4. The van der Waals surface area contributed by atoms with Crippen LogP contribution in [0, 0.1) is 24.0 Å². The maximum atomic E-state index is 14.4. The summed E-state index contributed by atoms with van der Waals surface area (Å²) < 4.78 is 35.1. The Balaban J connectivity index is 1.69. The zero-order valence-corrected chi connectivity index (χ0v) is 17.0. The van der Waals surface area contributed by atoms with E-state index in [0.717, 1.165) is 37.3 Å². The SMILES string of the molecule is C#CCOc1ccc(C(Nc2ccc(F)cc2F)c2nnnn2C2CCCCC2)cc1. The number of hydrogen-bond donors (Lipinski definition) is 1. The number of ether oxygens (including phenoxy) is 1. The first kappa shape index (κ1) is 20.8. The number of rotatable bonds is 7. The molecule has 0 radical (unpaired) electrons. The predicted molar refractivity (Wildman–Crippen MR) is 113 cm³/mol. The van der Waals surface area contributed by atoms with Crippen molar-refractivity contribution >= 4 is 5.69 Å². The number of anilines is 1. The first-order valence-electron chi connectivity index (χ1n) is 10.3. The highest BCUT2D eigenvalue weighted by Crippen LogP contribution is 2.33. The summed E-state index contributed by atoms with van der Waals surface area (Å²) >= 11 is 0. The number of terminal acetylenes is 1. The van der Waals surface area contributed by atoms with Crippen LogP contribution in [-0.4, -0.2) is 26.8 Å². The van der Waals surface area contributed by atoms with Crippen LogP contribution in [0.2, 0.25) is 0 Å². The fourth-order valence-corrected chi connectivity index (χ4v) is 3.92. The van der Waals surface area contributed by atoms with Gasteiger partial charge in [-0.2, -0.15) is 0 Å². The number of tetrazole rings is 1. The third-order valence-corrected chi connectivity index (χ3v) is 5.46. The number of aromatic nitrogens is 4. The average Bonchev–Trinajstić information content (AvgIpc) is 3.28. The van der Waals surface area contributed by atoms with Gasteiger partial charge in [0.05, 0.1) is 11.7 Å². The number of benzene rings is 2. The third-order valence-electron chi connectivity index (χ3n) is 5.46. The molecule has 1 N–H and O–H groups in total. The maximum Gasteiger partial charge on any atom is 0.178 e. The summed E-state index contributed by atoms with van der Waals surface area (Å²) in [6.07, 6.45) is 10.7. The van der Waals surface area contributed by atoms with Gasteiger partial charge < -0.3 is 10.1 Å². The Morgan fingerprint density at radius 1 is 1.13 bits per heavy atom. The van der Waals surface area contributed by atoms with Crippen molar-refractivity contribution in [2.45, 2.75) is 44.2 Å². The average molecular weight is 423 g/mol. The molecule has 1 aliphatic carbocycles. The topological polar surface area (TPSA) is 64.9 Å². The molecule has 1 fully saturated rings. The highest BCUT2D eigenvalue weighted by molar-refractivity contribution is 5.49. The van der Waals surface area contributed by atoms with Gasteiger partial charge in [-0.15, -0.1) is 11.5 Å². The van der Waals surface area contributed by atoms with Crippen molar-refractivity contribution in [2.24, 2.45) is 0 Å². The van der Waals surface area contributed by atoms with E-state index >= 15 is 0 Å². The van der Waals surface area contributed by atoms with Gasteiger partial charge in [0.15, 0.2) is 5.82 Å². The summed E-state index contributed by atoms with van der Waals surface area (Å²) in [5.41, 5.74) is 0.973. The fraction of sp³-hybridized carbons (Fsp3) is 0.348. The van der Waals surface area contributed by atoms with Gasteiger partial charge in [-0.25, -0.2) is 13.5 Å². The molecule has 0 bridgehead atoms. The van der Waals surface area contributed by atoms with E-state index in [1.54, 1.807) is 12.1 Å². The minimum atomic E-state index is -0.685. The van der Waals surface area contributed by atoms with E-state index in [4.69, 9.17) is 11.2 Å². The van der Waals surface area contributed by atoms with Crippen LogP contribution in [-0.2, 0) is 0 Å². The molecule has 160 valence electrons. The van der Waals surface area contributed by atoms with Gasteiger partial charge in [0.1, 0.15) is 30.0 Å². The number of hydrogen-bond acceptors (Lipinski definition) is 5. The molecule has 8 heteroatoms. The van der Waals surface area contributed by atoms with Gasteiger partial charge >= 0.3 is 0 Å². The Kier molecular flexibility index (Phi) is 6.41. The number of halogens is 2. The van der Waals surface area contributed by atoms with Crippen LogP contribution in [0.3, 0.4) is 0 Å². The number of nitrogens with zero attached hydrogens (tertiary/aromatic N) is 4. The van der Waals surface area contributed by atoms with Gasteiger partial charge in [0, 0.05) is 6.07 Å². The van der Waals surface area contributed by atoms with E-state index in [-0.39, 0.29) is 18.3 Å². The highest BCUT2D eigenvalue weighted by Gasteiger charge is 2.27. The van der Waals surface area contributed by atoms with E-state index in [1.165, 1.54) is 18.6 Å². The minimum absolute atomic E-state index is 0.164. The molecule has 1 aliphatic rings. The van der Waals surface area contributed by atoms with Gasteiger partial charge in [0.2, 0.25) is 0 Å². The second-order valence-corrected chi connectivity index (χ2v) is 7.54. The normalized spacial score (nSPS) is 15.3. The maximum absolute atomic E-state index is 14.4. The summed E-state index contributed by atoms with van der Waals surface area (Å²) in [5, 5.41) is 15.6. The molecule has 1 atom stereocenters. The van der Waals surface area contributed by atoms with E-state index in [0.29, 0.717) is 11.6 Å². The standard InChI is InChI=1S/C23H23F2N5O/c1-2-14-31-19-11-8-16(9-12-19)22(26-21-13-10-17(24)15-20(21)25)23-27-28-29-30(23)18-6-4-3-5-7-18/h1,8-13,15,18,22,26H,3-7,14H2. The smallest absolute Gasteiger partial charge is 0.178 e. The molecule has 1 aromatic heterocycles. The van der Waals surface area contributed by atoms with Crippen LogP contribution < -0.4 is 10.1 Å². The molecule has 31 heavy (non-hydrogen) atoms. The van der Waals surface area contributed by atoms with E-state index < -0.39 is 17.7 Å². The van der Waals surface area contributed by atoms with E-state index in [9.17, 15) is 8.78 Å². The minimum Gasteiger partial charge on any atom is -0.481 e. The zero-order chi connectivity index (χ0) is 21.6. The lowest BCUT2D eigenvalue weighted by Crippen LogP contribution is -2.23. The Hall–Kier alpha value is -3.47. The summed E-state index contributed by atoms with van der Waals surface area (Å²) in [6.45, 7) is 0.168. The first-order valence-corrected chi connectivity index (χ1v) is 10.3. The Morgan fingerprint density at radius 3 is 2.61 bits per heavy atom. The molecule has 0 aliphatic heterocycles. The van der Waals surface area contributed by atoms with Crippen LogP contribution in [0.15, 0.2) is 42.5 Å². The summed E-state index contributed by atoms with van der Waals surface area (Å²) in [7, 11) is 0. The predicted octanol–water partition coefficient (Wildman–Crippen LogP) is 4.67. The van der Waals surface area contributed by atoms with Crippen LogP contribution >= 0.6 is 0 Å². The molecule has 2 aromatic carbocycles. The van der Waals surface area contributed by atoms with Crippen molar-refractivity contribution in [1.29, 1.82) is 0 Å². The van der Waals surface area contributed by atoms with Crippen LogP contribution in [0.25, 0.3) is 0 Å². The molecule has 4 rings (SSSR count). The lowest BCUT2D eigenvalue weighted by atomic mass is 9.95. The Bertz CT molecular complexity index is 1050. The van der Waals surface area contributed by atoms with Gasteiger partial charge in [-0.05, 0) is 53.1 Å². The van der Waals surface area contributed by atoms with Crippen LogP contribution in [0.1, 0.15) is 55.6 Å². The molecule has 0 saturated heterocycles. The van der Waals surface area contributed by atoms with Crippen molar-refractivity contribution in [3.63, 3.8) is 0 Å². The van der Waals surface area contributed by atoms with Crippen LogP contribution in [0.5, 0.6) is 5.75 Å². The second-order valence-electron chi connectivity index (χ2n) is 7.54. The third kappa shape index (κ3) is 4.82. The van der Waals surface area contributed by atoms with Crippen LogP contribution in [0.4, 0.5) is 14.5 Å². The number of nitrogens with one attached hydrogen (secondary N) is 1. The molecule has 6 nitrogen and oxygen atoms in total. The molecule has 0 spiro atoms.